The minimum absolute atomic E-state index is 0.0837. The lowest BCUT2D eigenvalue weighted by molar-refractivity contribution is -0.274. The molecule has 0 aromatic heterocycles. The van der Waals surface area contributed by atoms with Crippen molar-refractivity contribution < 1.29 is 40.6 Å². The minimum Gasteiger partial charge on any atom is -0.405 e. The summed E-state index contributed by atoms with van der Waals surface area (Å²) in [6.07, 6.45) is -7.12. The summed E-state index contributed by atoms with van der Waals surface area (Å²) in [5.41, 5.74) is 0.0500. The van der Waals surface area contributed by atoms with Crippen molar-refractivity contribution in [1.29, 1.82) is 0 Å². The second kappa shape index (κ2) is 9.19. The van der Waals surface area contributed by atoms with Crippen LogP contribution in [-0.4, -0.2) is 44.2 Å². The van der Waals surface area contributed by atoms with Crippen LogP contribution < -0.4 is 15.0 Å². The van der Waals surface area contributed by atoms with Gasteiger partial charge in [0, 0.05) is 18.3 Å². The van der Waals surface area contributed by atoms with Crippen molar-refractivity contribution in [1.82, 2.24) is 5.32 Å². The topological polar surface area (TPSA) is 50.8 Å². The number of piperidine rings is 1. The monoisotopic (exact) mass is 500 g/mol. The van der Waals surface area contributed by atoms with Gasteiger partial charge in [-0.05, 0) is 54.8 Å². The normalized spacial score (nSPS) is 22.7. The van der Waals surface area contributed by atoms with Gasteiger partial charge in [-0.3, -0.25) is 4.79 Å². The van der Waals surface area contributed by atoms with Crippen LogP contribution in [0.5, 0.6) is 5.75 Å². The summed E-state index contributed by atoms with van der Waals surface area (Å²) in [6, 6.07) is 12.1. The summed E-state index contributed by atoms with van der Waals surface area (Å²) < 4.78 is 88.4. The average Bonchev–Trinajstić information content (AvgIpc) is 3.21. The molecule has 0 aliphatic carbocycles. The number of nitrogens with one attached hydrogen (secondary N) is 1. The summed E-state index contributed by atoms with van der Waals surface area (Å²) in [5.74, 6) is -2.75. The van der Waals surface area contributed by atoms with Gasteiger partial charge in [-0.1, -0.05) is 30.3 Å². The molecule has 4 rings (SSSR count). The van der Waals surface area contributed by atoms with Crippen molar-refractivity contribution in [2.45, 2.75) is 37.0 Å². The molecule has 1 N–H and O–H groups in total. The highest BCUT2D eigenvalue weighted by atomic mass is 19.4. The Balaban J connectivity index is 1.76. The SMILES string of the molecule is CN(C(=O)C(F)(F)F)c1ccc(OC(F)(F)F)c(C2=C[C@@]3(CCCN[C@H]3c3ccccc3)OC2)c1. The van der Waals surface area contributed by atoms with Gasteiger partial charge in [0.1, 0.15) is 11.4 Å². The molecule has 11 heteroatoms. The molecule has 2 heterocycles. The molecule has 0 saturated carbocycles. The Morgan fingerprint density at radius 1 is 1.11 bits per heavy atom. The van der Waals surface area contributed by atoms with Gasteiger partial charge in [0.2, 0.25) is 0 Å². The van der Waals surface area contributed by atoms with E-state index in [0.717, 1.165) is 43.8 Å². The van der Waals surface area contributed by atoms with Crippen molar-refractivity contribution in [3.8, 4) is 5.75 Å². The lowest BCUT2D eigenvalue weighted by atomic mass is 9.81. The molecule has 5 nitrogen and oxygen atoms in total. The number of benzene rings is 2. The van der Waals surface area contributed by atoms with Crippen LogP contribution in [0.4, 0.5) is 32.0 Å². The Kier molecular flexibility index (Phi) is 6.58. The van der Waals surface area contributed by atoms with E-state index in [1.165, 1.54) is 0 Å². The smallest absolute Gasteiger partial charge is 0.405 e. The van der Waals surface area contributed by atoms with Gasteiger partial charge in [0.25, 0.3) is 0 Å². The standard InChI is InChI=1S/C24H22F6N2O3/c1-32(21(33)23(25,26)27)17-8-9-19(35-24(28,29)30)18(12-17)16-13-22(34-14-16)10-5-11-31-20(22)15-6-3-2-4-7-15/h2-4,6-9,12-13,20,31H,5,10-11,14H2,1H3/t20-,22+/m0/s1. The quantitative estimate of drug-likeness (QED) is 0.573. The molecule has 0 radical (unpaired) electrons. The third-order valence-corrected chi connectivity index (χ3v) is 6.10. The maximum Gasteiger partial charge on any atom is 0.573 e. The number of ether oxygens (including phenoxy) is 2. The molecule has 2 atom stereocenters. The van der Waals surface area contributed by atoms with Crippen LogP contribution >= 0.6 is 0 Å². The number of anilines is 1. The van der Waals surface area contributed by atoms with E-state index < -0.39 is 29.8 Å². The van der Waals surface area contributed by atoms with Crippen molar-refractivity contribution in [3.63, 3.8) is 0 Å². The van der Waals surface area contributed by atoms with Crippen LogP contribution in [0, 0.1) is 0 Å². The molecule has 1 fully saturated rings. The first-order valence-corrected chi connectivity index (χ1v) is 10.8. The minimum atomic E-state index is -5.15. The maximum absolute atomic E-state index is 13.1. The van der Waals surface area contributed by atoms with E-state index in [1.54, 1.807) is 6.08 Å². The number of halogens is 6. The molecule has 1 spiro atoms. The first-order chi connectivity index (χ1) is 16.4. The van der Waals surface area contributed by atoms with Crippen LogP contribution in [0.1, 0.15) is 30.0 Å². The fourth-order valence-electron chi connectivity index (χ4n) is 4.53. The van der Waals surface area contributed by atoms with Crippen LogP contribution in [0.2, 0.25) is 0 Å². The Bertz CT molecular complexity index is 1120. The molecule has 188 valence electrons. The lowest BCUT2D eigenvalue weighted by Gasteiger charge is -2.40. The van der Waals surface area contributed by atoms with Crippen LogP contribution in [-0.2, 0) is 9.53 Å². The molecule has 2 aliphatic heterocycles. The predicted octanol–water partition coefficient (Wildman–Crippen LogP) is 5.39. The Morgan fingerprint density at radius 3 is 2.49 bits per heavy atom. The molecule has 2 aliphatic rings. The third kappa shape index (κ3) is 5.30. The van der Waals surface area contributed by atoms with Crippen molar-refractivity contribution >= 4 is 17.2 Å². The second-order valence-corrected chi connectivity index (χ2v) is 8.40. The largest absolute Gasteiger partial charge is 0.573 e. The maximum atomic E-state index is 13.1. The molecule has 0 bridgehead atoms. The second-order valence-electron chi connectivity index (χ2n) is 8.40. The Morgan fingerprint density at radius 2 is 1.83 bits per heavy atom. The van der Waals surface area contributed by atoms with Crippen LogP contribution in [0.15, 0.2) is 54.6 Å². The number of alkyl halides is 6. The van der Waals surface area contributed by atoms with Crippen molar-refractivity contribution in [2.75, 3.05) is 25.1 Å². The first kappa shape index (κ1) is 25.1. The highest BCUT2D eigenvalue weighted by Crippen LogP contribution is 2.46. The van der Waals surface area contributed by atoms with Gasteiger partial charge in [-0.2, -0.15) is 13.2 Å². The third-order valence-electron chi connectivity index (χ3n) is 6.10. The lowest BCUT2D eigenvalue weighted by Crippen LogP contribution is -2.47. The van der Waals surface area contributed by atoms with Gasteiger partial charge in [-0.15, -0.1) is 13.2 Å². The summed E-state index contributed by atoms with van der Waals surface area (Å²) in [7, 11) is 0.900. The molecule has 1 saturated heterocycles. The molecule has 2 aromatic carbocycles. The van der Waals surface area contributed by atoms with E-state index in [1.807, 2.05) is 30.3 Å². The summed E-state index contributed by atoms with van der Waals surface area (Å²) in [5, 5.41) is 3.40. The number of carbonyl (C=O) groups excluding carboxylic acids is 1. The van der Waals surface area contributed by atoms with E-state index in [2.05, 4.69) is 10.1 Å². The number of hydrogen-bond acceptors (Lipinski definition) is 4. The molecular formula is C24H22F6N2O3. The van der Waals surface area contributed by atoms with Gasteiger partial charge in [0.15, 0.2) is 0 Å². The number of carbonyl (C=O) groups is 1. The Hall–Kier alpha value is -3.05. The van der Waals surface area contributed by atoms with Gasteiger partial charge >= 0.3 is 18.4 Å². The van der Waals surface area contributed by atoms with Crippen molar-refractivity contribution in [3.05, 3.63) is 65.7 Å². The average molecular weight is 500 g/mol. The number of nitrogens with zero attached hydrogens (tertiary/aromatic N) is 1. The van der Waals surface area contributed by atoms with Gasteiger partial charge in [-0.25, -0.2) is 0 Å². The fraction of sp³-hybridized carbons (Fsp3) is 0.375. The summed E-state index contributed by atoms with van der Waals surface area (Å²) in [6.45, 7) is 0.635. The molecule has 1 amide bonds. The number of rotatable bonds is 4. The molecular weight excluding hydrogens is 478 g/mol. The highest BCUT2D eigenvalue weighted by molar-refractivity contribution is 5.97. The van der Waals surface area contributed by atoms with E-state index in [-0.39, 0.29) is 23.9 Å². The zero-order chi connectivity index (χ0) is 25.4. The van der Waals surface area contributed by atoms with Gasteiger partial charge < -0.3 is 19.7 Å². The van der Waals surface area contributed by atoms with E-state index in [0.29, 0.717) is 16.9 Å². The van der Waals surface area contributed by atoms with E-state index in [9.17, 15) is 31.1 Å². The summed E-state index contributed by atoms with van der Waals surface area (Å²) in [4.78, 5) is 12.0. The van der Waals surface area contributed by atoms with Crippen LogP contribution in [0.25, 0.3) is 5.57 Å². The highest BCUT2D eigenvalue weighted by Gasteiger charge is 2.46. The van der Waals surface area contributed by atoms with E-state index >= 15 is 0 Å². The molecule has 0 unspecified atom stereocenters. The summed E-state index contributed by atoms with van der Waals surface area (Å²) >= 11 is 0. The van der Waals surface area contributed by atoms with E-state index in [4.69, 9.17) is 4.74 Å². The molecule has 2 aromatic rings. The molecule has 35 heavy (non-hydrogen) atoms. The zero-order valence-electron chi connectivity index (χ0n) is 18.5. The van der Waals surface area contributed by atoms with Crippen LogP contribution in [0.3, 0.4) is 0 Å². The Labute approximate surface area is 197 Å². The van der Waals surface area contributed by atoms with Gasteiger partial charge in [0.05, 0.1) is 12.6 Å². The zero-order valence-corrected chi connectivity index (χ0v) is 18.5. The number of hydrogen-bond donors (Lipinski definition) is 1. The number of amides is 1. The fourth-order valence-corrected chi connectivity index (χ4v) is 4.53. The predicted molar refractivity (Wildman–Crippen MR) is 116 cm³/mol. The van der Waals surface area contributed by atoms with Crippen molar-refractivity contribution in [2.24, 2.45) is 0 Å². The first-order valence-electron chi connectivity index (χ1n) is 10.8.